The van der Waals surface area contributed by atoms with Gasteiger partial charge in [-0.15, -0.1) is 0 Å². The second kappa shape index (κ2) is 5.54. The average molecular weight is 273 g/mol. The van der Waals surface area contributed by atoms with Gasteiger partial charge in [-0.2, -0.15) is 13.2 Å². The minimum absolute atomic E-state index is 0.0600. The number of rotatable bonds is 2. The van der Waals surface area contributed by atoms with Crippen LogP contribution in [0.2, 0.25) is 0 Å². The predicted molar refractivity (Wildman–Crippen MR) is 61.3 cm³/mol. The van der Waals surface area contributed by atoms with Gasteiger partial charge in [0.2, 0.25) is 0 Å². The number of aromatic nitrogens is 2. The summed E-state index contributed by atoms with van der Waals surface area (Å²) >= 11 is 0. The maximum Gasteiger partial charge on any atom is 0.391 e. The predicted octanol–water partition coefficient (Wildman–Crippen LogP) is 2.33. The Balaban J connectivity index is 1.94. The van der Waals surface area contributed by atoms with Crippen molar-refractivity contribution in [2.75, 3.05) is 0 Å². The molecule has 1 heterocycles. The molecule has 1 saturated carbocycles. The number of halogens is 3. The van der Waals surface area contributed by atoms with Crippen molar-refractivity contribution in [2.24, 2.45) is 5.92 Å². The fraction of sp³-hybridized carbons (Fsp3) is 0.583. The molecule has 0 unspecified atom stereocenters. The van der Waals surface area contributed by atoms with E-state index in [4.69, 9.17) is 0 Å². The highest BCUT2D eigenvalue weighted by molar-refractivity contribution is 5.92. The average Bonchev–Trinajstić information content (AvgIpc) is 2.39. The molecule has 0 aromatic carbocycles. The molecule has 1 amide bonds. The summed E-state index contributed by atoms with van der Waals surface area (Å²) in [4.78, 5) is 19.3. The molecule has 0 radical (unpaired) electrons. The van der Waals surface area contributed by atoms with Gasteiger partial charge in [0.1, 0.15) is 5.69 Å². The lowest BCUT2D eigenvalue weighted by Crippen LogP contribution is -2.41. The van der Waals surface area contributed by atoms with Crippen molar-refractivity contribution in [1.82, 2.24) is 15.3 Å². The van der Waals surface area contributed by atoms with Crippen molar-refractivity contribution in [1.29, 1.82) is 0 Å². The summed E-state index contributed by atoms with van der Waals surface area (Å²) < 4.78 is 37.9. The number of hydrogen-bond acceptors (Lipinski definition) is 3. The number of nitrogens with one attached hydrogen (secondary N) is 1. The molecule has 1 aromatic rings. The maximum absolute atomic E-state index is 12.6. The Morgan fingerprint density at radius 2 is 2.11 bits per heavy atom. The molecule has 0 saturated heterocycles. The second-order valence-corrected chi connectivity index (χ2v) is 4.67. The van der Waals surface area contributed by atoms with Crippen LogP contribution in [0, 0.1) is 5.92 Å². The zero-order valence-electron chi connectivity index (χ0n) is 10.2. The maximum atomic E-state index is 12.6. The van der Waals surface area contributed by atoms with E-state index in [0.29, 0.717) is 12.8 Å². The highest BCUT2D eigenvalue weighted by Crippen LogP contribution is 2.37. The van der Waals surface area contributed by atoms with E-state index < -0.39 is 24.0 Å². The third-order valence-electron chi connectivity index (χ3n) is 3.27. The Hall–Kier alpha value is -1.66. The van der Waals surface area contributed by atoms with Gasteiger partial charge in [-0.1, -0.05) is 6.42 Å². The number of hydrogen-bond donors (Lipinski definition) is 1. The van der Waals surface area contributed by atoms with E-state index >= 15 is 0 Å². The third-order valence-corrected chi connectivity index (χ3v) is 3.27. The van der Waals surface area contributed by atoms with Crippen LogP contribution in [0.15, 0.2) is 18.6 Å². The first kappa shape index (κ1) is 13.8. The first-order valence-electron chi connectivity index (χ1n) is 6.10. The molecule has 0 spiro atoms. The molecular formula is C12H14F3N3O. The minimum Gasteiger partial charge on any atom is -0.348 e. The van der Waals surface area contributed by atoms with E-state index in [1.807, 2.05) is 0 Å². The number of carbonyl (C=O) groups excluding carboxylic acids is 1. The van der Waals surface area contributed by atoms with Crippen LogP contribution in [-0.4, -0.2) is 28.1 Å². The summed E-state index contributed by atoms with van der Waals surface area (Å²) in [6.45, 7) is 0. The quantitative estimate of drug-likeness (QED) is 0.899. The Bertz CT molecular complexity index is 436. The van der Waals surface area contributed by atoms with Crippen LogP contribution in [0.5, 0.6) is 0 Å². The molecule has 1 fully saturated rings. The fourth-order valence-electron chi connectivity index (χ4n) is 2.29. The van der Waals surface area contributed by atoms with Gasteiger partial charge >= 0.3 is 6.18 Å². The van der Waals surface area contributed by atoms with Crippen molar-refractivity contribution in [3.63, 3.8) is 0 Å². The Kier molecular flexibility index (Phi) is 4.01. The Morgan fingerprint density at radius 3 is 2.74 bits per heavy atom. The fourth-order valence-corrected chi connectivity index (χ4v) is 2.29. The largest absolute Gasteiger partial charge is 0.391 e. The van der Waals surface area contributed by atoms with Gasteiger partial charge < -0.3 is 5.32 Å². The van der Waals surface area contributed by atoms with Crippen LogP contribution >= 0.6 is 0 Å². The first-order valence-corrected chi connectivity index (χ1v) is 6.10. The number of amides is 1. The molecule has 1 aliphatic carbocycles. The number of carbonyl (C=O) groups is 1. The monoisotopic (exact) mass is 273 g/mol. The molecule has 0 aliphatic heterocycles. The van der Waals surface area contributed by atoms with Gasteiger partial charge in [0.15, 0.2) is 0 Å². The molecule has 7 heteroatoms. The van der Waals surface area contributed by atoms with Crippen LogP contribution in [0.4, 0.5) is 13.2 Å². The van der Waals surface area contributed by atoms with Crippen molar-refractivity contribution in [3.05, 3.63) is 24.3 Å². The summed E-state index contributed by atoms with van der Waals surface area (Å²) in [5.74, 6) is -1.80. The number of alkyl halides is 3. The van der Waals surface area contributed by atoms with E-state index in [9.17, 15) is 18.0 Å². The van der Waals surface area contributed by atoms with Crippen LogP contribution in [0.1, 0.15) is 36.2 Å². The summed E-state index contributed by atoms with van der Waals surface area (Å²) in [5, 5.41) is 2.60. The summed E-state index contributed by atoms with van der Waals surface area (Å²) in [5.41, 5.74) is 0.122. The standard InChI is InChI=1S/C12H14F3N3O/c13-12(14,15)8-2-1-3-9(6-8)18-11(19)10-7-16-4-5-17-10/h4-5,7-9H,1-3,6H2,(H,18,19)/t8-,9+/m1/s1. The van der Waals surface area contributed by atoms with Crippen molar-refractivity contribution < 1.29 is 18.0 Å². The summed E-state index contributed by atoms with van der Waals surface area (Å²) in [6, 6.07) is -0.449. The first-order chi connectivity index (χ1) is 8.97. The molecule has 1 N–H and O–H groups in total. The van der Waals surface area contributed by atoms with Gasteiger partial charge in [-0.25, -0.2) is 4.98 Å². The van der Waals surface area contributed by atoms with E-state index in [-0.39, 0.29) is 18.5 Å². The van der Waals surface area contributed by atoms with E-state index in [1.54, 1.807) is 0 Å². The smallest absolute Gasteiger partial charge is 0.348 e. The van der Waals surface area contributed by atoms with Gasteiger partial charge in [0.05, 0.1) is 12.1 Å². The van der Waals surface area contributed by atoms with Gasteiger partial charge in [-0.05, 0) is 19.3 Å². The highest BCUT2D eigenvalue weighted by Gasteiger charge is 2.42. The van der Waals surface area contributed by atoms with E-state index in [2.05, 4.69) is 15.3 Å². The second-order valence-electron chi connectivity index (χ2n) is 4.67. The van der Waals surface area contributed by atoms with Crippen molar-refractivity contribution in [3.8, 4) is 0 Å². The van der Waals surface area contributed by atoms with Crippen LogP contribution in [0.25, 0.3) is 0 Å². The van der Waals surface area contributed by atoms with Crippen molar-refractivity contribution in [2.45, 2.75) is 37.9 Å². The van der Waals surface area contributed by atoms with Crippen molar-refractivity contribution >= 4 is 5.91 Å². The molecule has 2 atom stereocenters. The zero-order valence-corrected chi connectivity index (χ0v) is 10.2. The Morgan fingerprint density at radius 1 is 1.32 bits per heavy atom. The van der Waals surface area contributed by atoms with Gasteiger partial charge in [0, 0.05) is 18.4 Å². The third kappa shape index (κ3) is 3.65. The molecule has 104 valence electrons. The molecule has 2 rings (SSSR count). The molecular weight excluding hydrogens is 259 g/mol. The van der Waals surface area contributed by atoms with E-state index in [0.717, 1.165) is 0 Å². The SMILES string of the molecule is O=C(N[C@H]1CCC[C@@H](C(F)(F)F)C1)c1cnccn1. The van der Waals surface area contributed by atoms with Crippen LogP contribution in [-0.2, 0) is 0 Å². The van der Waals surface area contributed by atoms with Gasteiger partial charge in [-0.3, -0.25) is 9.78 Å². The normalized spacial score (nSPS) is 23.9. The lowest BCUT2D eigenvalue weighted by molar-refractivity contribution is -0.183. The lowest BCUT2D eigenvalue weighted by atomic mass is 9.85. The summed E-state index contributed by atoms with van der Waals surface area (Å²) in [7, 11) is 0. The molecule has 4 nitrogen and oxygen atoms in total. The molecule has 1 aromatic heterocycles. The van der Waals surface area contributed by atoms with Crippen LogP contribution in [0.3, 0.4) is 0 Å². The van der Waals surface area contributed by atoms with E-state index in [1.165, 1.54) is 18.6 Å². The van der Waals surface area contributed by atoms with Crippen LogP contribution < -0.4 is 5.32 Å². The molecule has 19 heavy (non-hydrogen) atoms. The minimum atomic E-state index is -4.18. The zero-order chi connectivity index (χ0) is 13.9. The van der Waals surface area contributed by atoms with Gasteiger partial charge in [0.25, 0.3) is 5.91 Å². The summed E-state index contributed by atoms with van der Waals surface area (Å²) in [6.07, 6.45) is 1.02. The lowest BCUT2D eigenvalue weighted by Gasteiger charge is -2.30. The Labute approximate surface area is 108 Å². The molecule has 1 aliphatic rings. The number of nitrogens with zero attached hydrogens (tertiary/aromatic N) is 2. The topological polar surface area (TPSA) is 54.9 Å². The molecule has 0 bridgehead atoms. The highest BCUT2D eigenvalue weighted by atomic mass is 19.4.